The minimum absolute atomic E-state index is 0.278. The standard InChI is InChI=1S/C18H23N3O/c22-18(11-10-16-7-2-1-3-8-16)21-14-5-4-9-17(21)15-20-13-6-12-19-20/h1-3,6-8,12-13,17H,4-5,9-11,14-15H2. The number of aryl methyl sites for hydroxylation is 1. The number of aromatic nitrogens is 2. The summed E-state index contributed by atoms with van der Waals surface area (Å²) in [6, 6.07) is 12.5. The van der Waals surface area contributed by atoms with E-state index < -0.39 is 0 Å². The van der Waals surface area contributed by atoms with Crippen LogP contribution < -0.4 is 0 Å². The van der Waals surface area contributed by atoms with Gasteiger partial charge < -0.3 is 4.90 Å². The van der Waals surface area contributed by atoms with Crippen LogP contribution >= 0.6 is 0 Å². The highest BCUT2D eigenvalue weighted by Crippen LogP contribution is 2.20. The average molecular weight is 297 g/mol. The maximum absolute atomic E-state index is 12.6. The molecule has 4 nitrogen and oxygen atoms in total. The monoisotopic (exact) mass is 297 g/mol. The van der Waals surface area contributed by atoms with E-state index in [1.165, 1.54) is 12.0 Å². The summed E-state index contributed by atoms with van der Waals surface area (Å²) in [5.74, 6) is 0.278. The molecular weight excluding hydrogens is 274 g/mol. The fraction of sp³-hybridized carbons (Fsp3) is 0.444. The van der Waals surface area contributed by atoms with Crippen molar-refractivity contribution in [1.29, 1.82) is 0 Å². The van der Waals surface area contributed by atoms with E-state index in [-0.39, 0.29) is 11.9 Å². The Hall–Kier alpha value is -2.10. The van der Waals surface area contributed by atoms with Gasteiger partial charge in [-0.25, -0.2) is 0 Å². The van der Waals surface area contributed by atoms with Crippen LogP contribution in [0.25, 0.3) is 0 Å². The number of nitrogens with zero attached hydrogens (tertiary/aromatic N) is 3. The minimum Gasteiger partial charge on any atom is -0.338 e. The zero-order valence-corrected chi connectivity index (χ0v) is 12.9. The van der Waals surface area contributed by atoms with Gasteiger partial charge in [0.05, 0.1) is 12.6 Å². The van der Waals surface area contributed by atoms with Crippen LogP contribution in [0.3, 0.4) is 0 Å². The van der Waals surface area contributed by atoms with Crippen LogP contribution in [0, 0.1) is 0 Å². The Morgan fingerprint density at radius 3 is 2.82 bits per heavy atom. The number of rotatable bonds is 5. The molecule has 0 radical (unpaired) electrons. The van der Waals surface area contributed by atoms with Gasteiger partial charge in [-0.2, -0.15) is 5.10 Å². The topological polar surface area (TPSA) is 38.1 Å². The Balaban J connectivity index is 1.58. The third-order valence-corrected chi connectivity index (χ3v) is 4.37. The van der Waals surface area contributed by atoms with Crippen molar-refractivity contribution >= 4 is 5.91 Å². The van der Waals surface area contributed by atoms with Crippen molar-refractivity contribution in [3.05, 3.63) is 54.4 Å². The Labute approximate surface area is 131 Å². The van der Waals surface area contributed by atoms with Gasteiger partial charge >= 0.3 is 0 Å². The third kappa shape index (κ3) is 3.75. The molecule has 1 aliphatic rings. The highest BCUT2D eigenvalue weighted by molar-refractivity contribution is 5.76. The number of hydrogen-bond donors (Lipinski definition) is 0. The number of hydrogen-bond acceptors (Lipinski definition) is 2. The maximum atomic E-state index is 12.6. The molecule has 0 saturated carbocycles. The van der Waals surface area contributed by atoms with E-state index in [1.807, 2.05) is 35.1 Å². The molecule has 1 amide bonds. The van der Waals surface area contributed by atoms with Crippen molar-refractivity contribution in [2.45, 2.75) is 44.7 Å². The molecule has 1 aliphatic heterocycles. The summed E-state index contributed by atoms with van der Waals surface area (Å²) in [5, 5.41) is 4.28. The van der Waals surface area contributed by atoms with Gasteiger partial charge in [0.1, 0.15) is 0 Å². The van der Waals surface area contributed by atoms with Gasteiger partial charge in [-0.1, -0.05) is 30.3 Å². The van der Waals surface area contributed by atoms with Crippen LogP contribution in [-0.4, -0.2) is 33.2 Å². The molecule has 22 heavy (non-hydrogen) atoms. The summed E-state index contributed by atoms with van der Waals surface area (Å²) >= 11 is 0. The first-order chi connectivity index (χ1) is 10.8. The molecule has 1 saturated heterocycles. The van der Waals surface area contributed by atoms with Crippen molar-refractivity contribution < 1.29 is 4.79 Å². The molecule has 0 aliphatic carbocycles. The van der Waals surface area contributed by atoms with Crippen molar-refractivity contribution in [2.75, 3.05) is 6.54 Å². The van der Waals surface area contributed by atoms with E-state index in [1.54, 1.807) is 6.20 Å². The molecule has 1 aromatic heterocycles. The number of amides is 1. The predicted octanol–water partition coefficient (Wildman–Crippen LogP) is 2.90. The Bertz CT molecular complexity index is 580. The Morgan fingerprint density at radius 1 is 1.18 bits per heavy atom. The van der Waals surface area contributed by atoms with Gasteiger partial charge in [0.25, 0.3) is 0 Å². The van der Waals surface area contributed by atoms with E-state index in [4.69, 9.17) is 0 Å². The summed E-state index contributed by atoms with van der Waals surface area (Å²) in [5.41, 5.74) is 1.23. The Kier molecular flexibility index (Phi) is 4.88. The number of carbonyl (C=O) groups excluding carboxylic acids is 1. The molecular formula is C18H23N3O. The zero-order valence-electron chi connectivity index (χ0n) is 12.9. The van der Waals surface area contributed by atoms with Gasteiger partial charge in [-0.05, 0) is 37.3 Å². The summed E-state index contributed by atoms with van der Waals surface area (Å²) in [6.07, 6.45) is 8.59. The normalized spacial score (nSPS) is 18.4. The van der Waals surface area contributed by atoms with E-state index in [0.717, 1.165) is 32.4 Å². The fourth-order valence-corrected chi connectivity index (χ4v) is 3.18. The molecule has 1 fully saturated rings. The van der Waals surface area contributed by atoms with E-state index in [0.29, 0.717) is 6.42 Å². The van der Waals surface area contributed by atoms with Gasteiger partial charge in [0.15, 0.2) is 0 Å². The number of piperidine rings is 1. The summed E-state index contributed by atoms with van der Waals surface area (Å²) < 4.78 is 1.94. The van der Waals surface area contributed by atoms with Crippen molar-refractivity contribution in [2.24, 2.45) is 0 Å². The van der Waals surface area contributed by atoms with E-state index in [2.05, 4.69) is 22.1 Å². The molecule has 2 heterocycles. The van der Waals surface area contributed by atoms with Crippen molar-refractivity contribution in [3.8, 4) is 0 Å². The van der Waals surface area contributed by atoms with Crippen LogP contribution in [0.4, 0.5) is 0 Å². The zero-order chi connectivity index (χ0) is 15.2. The number of carbonyl (C=O) groups is 1. The molecule has 0 bridgehead atoms. The highest BCUT2D eigenvalue weighted by atomic mass is 16.2. The first-order valence-corrected chi connectivity index (χ1v) is 8.14. The average Bonchev–Trinajstić information content (AvgIpc) is 3.07. The van der Waals surface area contributed by atoms with Gasteiger partial charge in [-0.15, -0.1) is 0 Å². The third-order valence-electron chi connectivity index (χ3n) is 4.37. The lowest BCUT2D eigenvalue weighted by atomic mass is 10.0. The van der Waals surface area contributed by atoms with E-state index >= 15 is 0 Å². The van der Waals surface area contributed by atoms with Crippen molar-refractivity contribution in [1.82, 2.24) is 14.7 Å². The smallest absolute Gasteiger partial charge is 0.223 e. The first-order valence-electron chi connectivity index (χ1n) is 8.14. The quantitative estimate of drug-likeness (QED) is 0.851. The van der Waals surface area contributed by atoms with Crippen LogP contribution in [0.2, 0.25) is 0 Å². The lowest BCUT2D eigenvalue weighted by Crippen LogP contribution is -2.46. The second-order valence-corrected chi connectivity index (χ2v) is 5.95. The number of benzene rings is 1. The molecule has 1 unspecified atom stereocenters. The highest BCUT2D eigenvalue weighted by Gasteiger charge is 2.26. The summed E-state index contributed by atoms with van der Waals surface area (Å²) in [6.45, 7) is 1.70. The Morgan fingerprint density at radius 2 is 2.05 bits per heavy atom. The van der Waals surface area contributed by atoms with Gasteiger partial charge in [-0.3, -0.25) is 9.48 Å². The SMILES string of the molecule is O=C(CCc1ccccc1)N1CCCCC1Cn1cccn1. The van der Waals surface area contributed by atoms with Gasteiger partial charge in [0.2, 0.25) is 5.91 Å². The number of likely N-dealkylation sites (tertiary alicyclic amines) is 1. The second kappa shape index (κ2) is 7.25. The van der Waals surface area contributed by atoms with Crippen molar-refractivity contribution in [3.63, 3.8) is 0 Å². The second-order valence-electron chi connectivity index (χ2n) is 5.95. The molecule has 3 rings (SSSR count). The molecule has 4 heteroatoms. The fourth-order valence-electron chi connectivity index (χ4n) is 3.18. The molecule has 2 aromatic rings. The predicted molar refractivity (Wildman–Crippen MR) is 86.3 cm³/mol. The van der Waals surface area contributed by atoms with Crippen LogP contribution in [0.5, 0.6) is 0 Å². The van der Waals surface area contributed by atoms with E-state index in [9.17, 15) is 4.79 Å². The van der Waals surface area contributed by atoms with Crippen LogP contribution in [0.15, 0.2) is 48.8 Å². The largest absolute Gasteiger partial charge is 0.338 e. The molecule has 1 atom stereocenters. The molecule has 0 spiro atoms. The van der Waals surface area contributed by atoms with Crippen LogP contribution in [0.1, 0.15) is 31.2 Å². The molecule has 116 valence electrons. The molecule has 0 N–H and O–H groups in total. The van der Waals surface area contributed by atoms with Gasteiger partial charge in [0, 0.05) is 25.4 Å². The minimum atomic E-state index is 0.278. The lowest BCUT2D eigenvalue weighted by Gasteiger charge is -2.36. The molecule has 1 aromatic carbocycles. The first kappa shape index (κ1) is 14.8. The van der Waals surface area contributed by atoms with Crippen LogP contribution in [-0.2, 0) is 17.8 Å². The summed E-state index contributed by atoms with van der Waals surface area (Å²) in [4.78, 5) is 14.7. The lowest BCUT2D eigenvalue weighted by molar-refractivity contribution is -0.135. The maximum Gasteiger partial charge on any atom is 0.223 e. The summed E-state index contributed by atoms with van der Waals surface area (Å²) in [7, 11) is 0.